The van der Waals surface area contributed by atoms with Crippen LogP contribution in [0.1, 0.15) is 45.4 Å². The molecule has 128 valence electrons. The molecule has 1 atom stereocenters. The van der Waals surface area contributed by atoms with Crippen molar-refractivity contribution in [3.8, 4) is 0 Å². The van der Waals surface area contributed by atoms with Crippen LogP contribution in [0.4, 0.5) is 0 Å². The Balaban J connectivity index is 1.65. The molecule has 0 bridgehead atoms. The molecule has 2 aromatic rings. The molecular formula is C17H23N5OS. The Bertz CT molecular complexity index is 730. The van der Waals surface area contributed by atoms with E-state index in [-0.39, 0.29) is 0 Å². The van der Waals surface area contributed by atoms with Crippen molar-refractivity contribution in [1.82, 2.24) is 19.9 Å². The van der Waals surface area contributed by atoms with Crippen LogP contribution in [0.25, 0.3) is 0 Å². The number of primary amides is 1. The molecular weight excluding hydrogens is 322 g/mol. The zero-order valence-corrected chi connectivity index (χ0v) is 15.0. The van der Waals surface area contributed by atoms with Gasteiger partial charge in [0.2, 0.25) is 0 Å². The lowest BCUT2D eigenvalue weighted by Gasteiger charge is -2.32. The van der Waals surface area contributed by atoms with Gasteiger partial charge in [-0.3, -0.25) is 9.69 Å². The monoisotopic (exact) mass is 345 g/mol. The minimum Gasteiger partial charge on any atom is -0.364 e. The van der Waals surface area contributed by atoms with Crippen LogP contribution in [0, 0.1) is 19.8 Å². The van der Waals surface area contributed by atoms with E-state index in [2.05, 4.69) is 26.8 Å². The van der Waals surface area contributed by atoms with Gasteiger partial charge in [-0.25, -0.2) is 15.0 Å². The predicted octanol–water partition coefficient (Wildman–Crippen LogP) is 2.10. The van der Waals surface area contributed by atoms with Crippen LogP contribution in [0.2, 0.25) is 0 Å². The van der Waals surface area contributed by atoms with Gasteiger partial charge in [-0.2, -0.15) is 0 Å². The van der Waals surface area contributed by atoms with Gasteiger partial charge in [0.05, 0.1) is 11.2 Å². The van der Waals surface area contributed by atoms with Gasteiger partial charge in [0.1, 0.15) is 11.5 Å². The molecule has 6 nitrogen and oxygen atoms in total. The molecule has 24 heavy (non-hydrogen) atoms. The first-order valence-electron chi connectivity index (χ1n) is 8.27. The number of aryl methyl sites for hydroxylation is 2. The Morgan fingerprint density at radius 2 is 2.25 bits per heavy atom. The highest BCUT2D eigenvalue weighted by atomic mass is 32.1. The summed E-state index contributed by atoms with van der Waals surface area (Å²) in [7, 11) is 0. The lowest BCUT2D eigenvalue weighted by Crippen LogP contribution is -2.35. The number of carbonyl (C=O) groups is 1. The van der Waals surface area contributed by atoms with E-state index in [0.29, 0.717) is 17.4 Å². The molecule has 7 heteroatoms. The van der Waals surface area contributed by atoms with E-state index in [1.54, 1.807) is 24.3 Å². The third kappa shape index (κ3) is 4.15. The second kappa shape index (κ2) is 7.36. The summed E-state index contributed by atoms with van der Waals surface area (Å²) >= 11 is 1.73. The Morgan fingerprint density at radius 3 is 2.96 bits per heavy atom. The number of carbonyl (C=O) groups excluding carboxylic acids is 1. The van der Waals surface area contributed by atoms with Crippen LogP contribution in [0.3, 0.4) is 0 Å². The largest absolute Gasteiger partial charge is 0.364 e. The van der Waals surface area contributed by atoms with Gasteiger partial charge < -0.3 is 5.73 Å². The first kappa shape index (κ1) is 17.0. The van der Waals surface area contributed by atoms with Crippen LogP contribution in [-0.4, -0.2) is 38.8 Å². The summed E-state index contributed by atoms with van der Waals surface area (Å²) in [6.07, 6.45) is 3.24. The number of aromatic nitrogens is 3. The van der Waals surface area contributed by atoms with Crippen LogP contribution in [0.5, 0.6) is 0 Å². The number of nitrogens with zero attached hydrogens (tertiary/aromatic N) is 4. The minimum atomic E-state index is -0.493. The number of likely N-dealkylation sites (tertiary alicyclic amines) is 1. The first-order chi connectivity index (χ1) is 11.5. The number of piperidine rings is 1. The summed E-state index contributed by atoms with van der Waals surface area (Å²) in [4.78, 5) is 28.1. The van der Waals surface area contributed by atoms with Gasteiger partial charge in [0, 0.05) is 23.7 Å². The number of rotatable bonds is 5. The molecule has 0 aromatic carbocycles. The molecule has 0 saturated carbocycles. The molecule has 0 spiro atoms. The van der Waals surface area contributed by atoms with Gasteiger partial charge in [-0.15, -0.1) is 11.3 Å². The Kier molecular flexibility index (Phi) is 5.20. The van der Waals surface area contributed by atoms with E-state index >= 15 is 0 Å². The normalized spacial score (nSPS) is 18.7. The van der Waals surface area contributed by atoms with Gasteiger partial charge >= 0.3 is 0 Å². The van der Waals surface area contributed by atoms with Crippen LogP contribution in [0.15, 0.2) is 11.6 Å². The number of hydrogen-bond donors (Lipinski definition) is 1. The zero-order valence-electron chi connectivity index (χ0n) is 14.2. The molecule has 1 amide bonds. The number of nitrogens with two attached hydrogens (primary N) is 1. The van der Waals surface area contributed by atoms with E-state index in [1.165, 1.54) is 17.7 Å². The molecule has 3 rings (SSSR count). The zero-order chi connectivity index (χ0) is 17.1. The van der Waals surface area contributed by atoms with Crippen molar-refractivity contribution >= 4 is 17.2 Å². The standard InChI is InChI=1S/C17H23N5OS/c1-11-16(24-10-19-11)9-22-5-3-4-13(8-22)6-14-7-15(17(18)23)21-12(2)20-14/h7,10,13H,3-6,8-9H2,1-2H3,(H2,18,23)/t13-/m1/s1. The fourth-order valence-electron chi connectivity index (χ4n) is 3.30. The number of hydrogen-bond acceptors (Lipinski definition) is 6. The molecule has 1 fully saturated rings. The van der Waals surface area contributed by atoms with Crippen molar-refractivity contribution in [2.75, 3.05) is 13.1 Å². The first-order valence-corrected chi connectivity index (χ1v) is 9.15. The lowest BCUT2D eigenvalue weighted by atomic mass is 9.93. The third-order valence-electron chi connectivity index (χ3n) is 4.46. The van der Waals surface area contributed by atoms with Crippen LogP contribution < -0.4 is 5.73 Å². The van der Waals surface area contributed by atoms with E-state index < -0.39 is 5.91 Å². The van der Waals surface area contributed by atoms with E-state index in [1.807, 2.05) is 5.51 Å². The van der Waals surface area contributed by atoms with Crippen molar-refractivity contribution in [3.63, 3.8) is 0 Å². The summed E-state index contributed by atoms with van der Waals surface area (Å²) in [5.74, 6) is 0.656. The van der Waals surface area contributed by atoms with Crippen molar-refractivity contribution in [3.05, 3.63) is 39.4 Å². The molecule has 0 unspecified atom stereocenters. The van der Waals surface area contributed by atoms with E-state index in [0.717, 1.165) is 37.4 Å². The van der Waals surface area contributed by atoms with Crippen molar-refractivity contribution in [2.45, 2.75) is 39.7 Å². The number of amides is 1. The predicted molar refractivity (Wildman–Crippen MR) is 93.8 cm³/mol. The van der Waals surface area contributed by atoms with E-state index in [9.17, 15) is 4.79 Å². The molecule has 3 heterocycles. The van der Waals surface area contributed by atoms with Crippen molar-refractivity contribution in [1.29, 1.82) is 0 Å². The Morgan fingerprint density at radius 1 is 1.42 bits per heavy atom. The number of thiazole rings is 1. The SMILES string of the molecule is Cc1nc(C[C@H]2CCCN(Cc3scnc3C)C2)cc(C(N)=O)n1. The van der Waals surface area contributed by atoms with Gasteiger partial charge in [0.25, 0.3) is 5.91 Å². The van der Waals surface area contributed by atoms with Crippen LogP contribution in [-0.2, 0) is 13.0 Å². The van der Waals surface area contributed by atoms with Gasteiger partial charge in [-0.05, 0) is 51.6 Å². The highest BCUT2D eigenvalue weighted by molar-refractivity contribution is 7.09. The maximum atomic E-state index is 11.4. The molecule has 1 aliphatic rings. The third-order valence-corrected chi connectivity index (χ3v) is 5.38. The average molecular weight is 345 g/mol. The fourth-order valence-corrected chi connectivity index (χ4v) is 4.12. The minimum absolute atomic E-state index is 0.311. The summed E-state index contributed by atoms with van der Waals surface area (Å²) in [6.45, 7) is 7.02. The topological polar surface area (TPSA) is 85.0 Å². The van der Waals surface area contributed by atoms with Gasteiger partial charge in [-0.1, -0.05) is 0 Å². The summed E-state index contributed by atoms with van der Waals surface area (Å²) in [5.41, 5.74) is 9.64. The molecule has 2 N–H and O–H groups in total. The summed E-state index contributed by atoms with van der Waals surface area (Å²) in [6, 6.07) is 1.74. The van der Waals surface area contributed by atoms with Crippen LogP contribution >= 0.6 is 11.3 Å². The molecule has 1 saturated heterocycles. The van der Waals surface area contributed by atoms with Crippen molar-refractivity contribution in [2.24, 2.45) is 11.7 Å². The maximum absolute atomic E-state index is 11.4. The second-order valence-electron chi connectivity index (χ2n) is 6.46. The average Bonchev–Trinajstić information content (AvgIpc) is 2.92. The highest BCUT2D eigenvalue weighted by Gasteiger charge is 2.22. The molecule has 1 aliphatic heterocycles. The quantitative estimate of drug-likeness (QED) is 0.897. The maximum Gasteiger partial charge on any atom is 0.267 e. The highest BCUT2D eigenvalue weighted by Crippen LogP contribution is 2.23. The molecule has 0 aliphatic carbocycles. The van der Waals surface area contributed by atoms with Gasteiger partial charge in [0.15, 0.2) is 0 Å². The lowest BCUT2D eigenvalue weighted by molar-refractivity contribution is 0.0995. The summed E-state index contributed by atoms with van der Waals surface area (Å²) < 4.78 is 0. The fraction of sp³-hybridized carbons (Fsp3) is 0.529. The van der Waals surface area contributed by atoms with E-state index in [4.69, 9.17) is 5.73 Å². The smallest absolute Gasteiger partial charge is 0.267 e. The molecule has 2 aromatic heterocycles. The molecule has 0 radical (unpaired) electrons. The Labute approximate surface area is 146 Å². The Hall–Kier alpha value is -1.86. The van der Waals surface area contributed by atoms with Crippen molar-refractivity contribution < 1.29 is 4.79 Å². The second-order valence-corrected chi connectivity index (χ2v) is 7.40. The summed E-state index contributed by atoms with van der Waals surface area (Å²) in [5, 5.41) is 0.